The number of nitrogen functional groups attached to an aromatic ring is 1. The number of halogens is 1. The third-order valence-electron chi connectivity index (χ3n) is 2.44. The molecular formula is C12H13BrN2O. The number of hydrogen-bond acceptors (Lipinski definition) is 3. The van der Waals surface area contributed by atoms with Gasteiger partial charge < -0.3 is 10.3 Å². The van der Waals surface area contributed by atoms with Crippen LogP contribution in [-0.4, -0.2) is 5.16 Å². The standard InChI is InChI=1S/C12H13BrN2O/c1-7(2)9-4-3-8(13)5-10(9)11-6-12(14)16-15-11/h3-7H,14H2,1-2H3. The summed E-state index contributed by atoms with van der Waals surface area (Å²) in [7, 11) is 0. The maximum absolute atomic E-state index is 5.54. The first-order chi connectivity index (χ1) is 7.58. The van der Waals surface area contributed by atoms with Gasteiger partial charge in [0, 0.05) is 16.1 Å². The van der Waals surface area contributed by atoms with Crippen LogP contribution < -0.4 is 5.73 Å². The van der Waals surface area contributed by atoms with Crippen molar-refractivity contribution in [3.05, 3.63) is 34.3 Å². The third-order valence-corrected chi connectivity index (χ3v) is 2.93. The van der Waals surface area contributed by atoms with E-state index < -0.39 is 0 Å². The molecule has 0 unspecified atom stereocenters. The molecule has 1 heterocycles. The molecule has 0 saturated heterocycles. The zero-order chi connectivity index (χ0) is 11.7. The largest absolute Gasteiger partial charge is 0.368 e. The Morgan fingerprint density at radius 1 is 1.31 bits per heavy atom. The molecule has 2 aromatic rings. The molecule has 0 bridgehead atoms. The van der Waals surface area contributed by atoms with Crippen LogP contribution in [0.2, 0.25) is 0 Å². The van der Waals surface area contributed by atoms with Crippen molar-refractivity contribution >= 4 is 21.8 Å². The maximum Gasteiger partial charge on any atom is 0.222 e. The molecule has 0 aliphatic carbocycles. The summed E-state index contributed by atoms with van der Waals surface area (Å²) >= 11 is 3.46. The van der Waals surface area contributed by atoms with Gasteiger partial charge >= 0.3 is 0 Å². The first-order valence-electron chi connectivity index (χ1n) is 5.10. The number of nitrogens with zero attached hydrogens (tertiary/aromatic N) is 1. The molecule has 0 spiro atoms. The van der Waals surface area contributed by atoms with Crippen molar-refractivity contribution in [3.63, 3.8) is 0 Å². The molecule has 0 saturated carbocycles. The van der Waals surface area contributed by atoms with E-state index in [0.717, 1.165) is 15.7 Å². The quantitative estimate of drug-likeness (QED) is 0.910. The van der Waals surface area contributed by atoms with Gasteiger partial charge in [-0.3, -0.25) is 0 Å². The number of hydrogen-bond donors (Lipinski definition) is 1. The van der Waals surface area contributed by atoms with Gasteiger partial charge in [0.2, 0.25) is 5.88 Å². The highest BCUT2D eigenvalue weighted by Crippen LogP contribution is 2.31. The molecule has 2 rings (SSSR count). The average molecular weight is 281 g/mol. The molecule has 0 aliphatic heterocycles. The monoisotopic (exact) mass is 280 g/mol. The van der Waals surface area contributed by atoms with Crippen molar-refractivity contribution in [2.75, 3.05) is 5.73 Å². The van der Waals surface area contributed by atoms with E-state index in [1.807, 2.05) is 12.1 Å². The lowest BCUT2D eigenvalue weighted by Gasteiger charge is -2.10. The van der Waals surface area contributed by atoms with Crippen LogP contribution in [0.5, 0.6) is 0 Å². The van der Waals surface area contributed by atoms with E-state index in [9.17, 15) is 0 Å². The molecule has 1 aromatic heterocycles. The Labute approximate surface area is 103 Å². The van der Waals surface area contributed by atoms with Crippen LogP contribution in [0.15, 0.2) is 33.3 Å². The fourth-order valence-corrected chi connectivity index (χ4v) is 2.03. The Bertz CT molecular complexity index is 505. The van der Waals surface area contributed by atoms with Crippen LogP contribution in [0.3, 0.4) is 0 Å². The summed E-state index contributed by atoms with van der Waals surface area (Å²) in [5.74, 6) is 0.769. The molecule has 3 nitrogen and oxygen atoms in total. The zero-order valence-electron chi connectivity index (χ0n) is 9.20. The highest BCUT2D eigenvalue weighted by molar-refractivity contribution is 9.10. The number of nitrogens with two attached hydrogens (primary N) is 1. The first kappa shape index (κ1) is 11.2. The van der Waals surface area contributed by atoms with Crippen LogP contribution in [-0.2, 0) is 0 Å². The van der Waals surface area contributed by atoms with Gasteiger partial charge in [0.05, 0.1) is 0 Å². The van der Waals surface area contributed by atoms with Gasteiger partial charge in [0.1, 0.15) is 5.69 Å². The lowest BCUT2D eigenvalue weighted by molar-refractivity contribution is 0.439. The van der Waals surface area contributed by atoms with E-state index in [2.05, 4.69) is 41.0 Å². The minimum Gasteiger partial charge on any atom is -0.368 e. The summed E-state index contributed by atoms with van der Waals surface area (Å²) in [5.41, 5.74) is 8.61. The fraction of sp³-hybridized carbons (Fsp3) is 0.250. The molecular weight excluding hydrogens is 268 g/mol. The SMILES string of the molecule is CC(C)c1ccc(Br)cc1-c1cc(N)on1. The Morgan fingerprint density at radius 3 is 2.62 bits per heavy atom. The van der Waals surface area contributed by atoms with E-state index in [0.29, 0.717) is 11.8 Å². The van der Waals surface area contributed by atoms with Gasteiger partial charge in [-0.15, -0.1) is 0 Å². The van der Waals surface area contributed by atoms with Crippen molar-refractivity contribution in [1.29, 1.82) is 0 Å². The number of rotatable bonds is 2. The molecule has 2 N–H and O–H groups in total. The highest BCUT2D eigenvalue weighted by Gasteiger charge is 2.12. The van der Waals surface area contributed by atoms with Gasteiger partial charge in [-0.2, -0.15) is 0 Å². The summed E-state index contributed by atoms with van der Waals surface area (Å²) in [6, 6.07) is 7.90. The third kappa shape index (κ3) is 2.11. The van der Waals surface area contributed by atoms with Crippen molar-refractivity contribution in [3.8, 4) is 11.3 Å². The predicted molar refractivity (Wildman–Crippen MR) is 68.1 cm³/mol. The van der Waals surface area contributed by atoms with Crippen molar-refractivity contribution in [2.45, 2.75) is 19.8 Å². The van der Waals surface area contributed by atoms with Crippen LogP contribution in [0.1, 0.15) is 25.3 Å². The molecule has 1 aromatic carbocycles. The summed E-state index contributed by atoms with van der Waals surface area (Å²) < 4.78 is 5.93. The topological polar surface area (TPSA) is 52.0 Å². The molecule has 84 valence electrons. The van der Waals surface area contributed by atoms with E-state index >= 15 is 0 Å². The lowest BCUT2D eigenvalue weighted by Crippen LogP contribution is -1.92. The second-order valence-electron chi connectivity index (χ2n) is 4.00. The maximum atomic E-state index is 5.54. The summed E-state index contributed by atoms with van der Waals surface area (Å²) in [5, 5.41) is 3.95. The predicted octanol–water partition coefficient (Wildman–Crippen LogP) is 3.81. The van der Waals surface area contributed by atoms with Crippen molar-refractivity contribution in [1.82, 2.24) is 5.16 Å². The molecule has 16 heavy (non-hydrogen) atoms. The van der Waals surface area contributed by atoms with Crippen LogP contribution in [0.4, 0.5) is 5.88 Å². The highest BCUT2D eigenvalue weighted by atomic mass is 79.9. The number of benzene rings is 1. The zero-order valence-corrected chi connectivity index (χ0v) is 10.8. The van der Waals surface area contributed by atoms with Gasteiger partial charge in [0.25, 0.3) is 0 Å². The lowest BCUT2D eigenvalue weighted by atomic mass is 9.95. The van der Waals surface area contributed by atoms with Gasteiger partial charge in [0.15, 0.2) is 0 Å². The van der Waals surface area contributed by atoms with Gasteiger partial charge in [-0.25, -0.2) is 0 Å². The molecule has 0 fully saturated rings. The molecule has 4 heteroatoms. The van der Waals surface area contributed by atoms with Crippen LogP contribution in [0.25, 0.3) is 11.3 Å². The van der Waals surface area contributed by atoms with E-state index in [1.54, 1.807) is 6.07 Å². The Hall–Kier alpha value is -1.29. The normalized spacial score (nSPS) is 11.0. The van der Waals surface area contributed by atoms with Crippen molar-refractivity contribution < 1.29 is 4.52 Å². The summed E-state index contributed by atoms with van der Waals surface area (Å²) in [4.78, 5) is 0. The van der Waals surface area contributed by atoms with E-state index in [-0.39, 0.29) is 0 Å². The van der Waals surface area contributed by atoms with Gasteiger partial charge in [-0.1, -0.05) is 41.0 Å². The number of aromatic nitrogens is 1. The minimum absolute atomic E-state index is 0.338. The Balaban J connectivity index is 2.57. The van der Waals surface area contributed by atoms with Gasteiger partial charge in [-0.05, 0) is 23.6 Å². The molecule has 0 atom stereocenters. The molecule has 0 amide bonds. The second-order valence-corrected chi connectivity index (χ2v) is 4.92. The minimum atomic E-state index is 0.338. The first-order valence-corrected chi connectivity index (χ1v) is 5.89. The van der Waals surface area contributed by atoms with E-state index in [4.69, 9.17) is 10.3 Å². The summed E-state index contributed by atoms with van der Waals surface area (Å²) in [6.45, 7) is 4.30. The smallest absolute Gasteiger partial charge is 0.222 e. The number of anilines is 1. The van der Waals surface area contributed by atoms with Crippen LogP contribution in [0, 0.1) is 0 Å². The molecule has 0 aliphatic rings. The van der Waals surface area contributed by atoms with Crippen molar-refractivity contribution in [2.24, 2.45) is 0 Å². The molecule has 0 radical (unpaired) electrons. The second kappa shape index (κ2) is 4.29. The average Bonchev–Trinajstić information content (AvgIpc) is 2.64. The Morgan fingerprint density at radius 2 is 2.06 bits per heavy atom. The Kier molecular flexibility index (Phi) is 3.01. The fourth-order valence-electron chi connectivity index (χ4n) is 1.67. The van der Waals surface area contributed by atoms with Crippen LogP contribution >= 0.6 is 15.9 Å². The van der Waals surface area contributed by atoms with E-state index in [1.165, 1.54) is 5.56 Å². The summed E-state index contributed by atoms with van der Waals surface area (Å²) in [6.07, 6.45) is 0.